The fourth-order valence-corrected chi connectivity index (χ4v) is 3.60. The lowest BCUT2D eigenvalue weighted by molar-refractivity contribution is -0.164. The number of nitrogens with two attached hydrogens (primary N) is 1. The highest BCUT2D eigenvalue weighted by atomic mass is 16.6. The van der Waals surface area contributed by atoms with Gasteiger partial charge in [-0.15, -0.1) is 0 Å². The highest BCUT2D eigenvalue weighted by Gasteiger charge is 2.21. The number of nitrogens with zero attached hydrogens (tertiary/aromatic N) is 1. The topological polar surface area (TPSA) is 72.6 Å². The molecule has 0 heterocycles. The van der Waals surface area contributed by atoms with Gasteiger partial charge in [0.05, 0.1) is 0 Å². The molecule has 0 aromatic carbocycles. The number of hydrogen-bond acceptors (Lipinski definition) is 4. The second kappa shape index (κ2) is 20.2. The number of likely N-dealkylation sites (N-methyl/N-ethyl adjacent to an activating group) is 1. The maximum atomic E-state index is 11.8. The summed E-state index contributed by atoms with van der Waals surface area (Å²) in [6.07, 6.45) is 21.7. The maximum Gasteiger partial charge on any atom is 0.307 e. The molecule has 0 spiro atoms. The van der Waals surface area contributed by atoms with Crippen molar-refractivity contribution < 1.29 is 14.3 Å². The quantitative estimate of drug-likeness (QED) is 0.144. The van der Waals surface area contributed by atoms with Crippen LogP contribution in [0.1, 0.15) is 122 Å². The van der Waals surface area contributed by atoms with Crippen LogP contribution in [0.2, 0.25) is 0 Å². The Morgan fingerprint density at radius 3 is 1.34 bits per heavy atom. The van der Waals surface area contributed by atoms with Gasteiger partial charge in [-0.3, -0.25) is 14.5 Å². The molecule has 0 aromatic heterocycles. The van der Waals surface area contributed by atoms with Crippen molar-refractivity contribution in [1.29, 1.82) is 0 Å². The van der Waals surface area contributed by atoms with Crippen LogP contribution in [0.25, 0.3) is 0 Å². The summed E-state index contributed by atoms with van der Waals surface area (Å²) in [6, 6.07) is 0. The Bertz CT molecular complexity index is 400. The minimum Gasteiger partial charge on any atom is -0.437 e. The van der Waals surface area contributed by atoms with Crippen molar-refractivity contribution in [2.45, 2.75) is 129 Å². The zero-order chi connectivity index (χ0) is 21.7. The summed E-state index contributed by atoms with van der Waals surface area (Å²) in [5.74, 6) is -0.978. The van der Waals surface area contributed by atoms with Crippen molar-refractivity contribution in [3.63, 3.8) is 0 Å². The molecule has 0 aliphatic rings. The van der Waals surface area contributed by atoms with E-state index in [-0.39, 0.29) is 5.97 Å². The van der Waals surface area contributed by atoms with Gasteiger partial charge in [0.2, 0.25) is 6.23 Å². The molecule has 0 aliphatic carbocycles. The SMILES string of the molecule is CCCCCCCCCCCCCCCCCCCC(=O)OC(C(N)=O)N(C)C. The Hall–Kier alpha value is -1.10. The molecule has 0 fully saturated rings. The van der Waals surface area contributed by atoms with Gasteiger partial charge in [0.25, 0.3) is 5.91 Å². The summed E-state index contributed by atoms with van der Waals surface area (Å²) >= 11 is 0. The molecule has 172 valence electrons. The number of unbranched alkanes of at least 4 members (excludes halogenated alkanes) is 16. The molecule has 1 atom stereocenters. The largest absolute Gasteiger partial charge is 0.437 e. The third kappa shape index (κ3) is 18.7. The fourth-order valence-electron chi connectivity index (χ4n) is 3.60. The third-order valence-electron chi connectivity index (χ3n) is 5.44. The van der Waals surface area contributed by atoms with Crippen LogP contribution in [0.4, 0.5) is 0 Å². The van der Waals surface area contributed by atoms with Gasteiger partial charge in [-0.05, 0) is 20.5 Å². The van der Waals surface area contributed by atoms with E-state index in [1.165, 1.54) is 94.8 Å². The Kier molecular flexibility index (Phi) is 19.4. The normalized spacial score (nSPS) is 12.3. The summed E-state index contributed by atoms with van der Waals surface area (Å²) in [4.78, 5) is 24.5. The average Bonchev–Trinajstić information content (AvgIpc) is 2.68. The standard InChI is InChI=1S/C24H48N2O3/c1-4-5-6-7-8-9-10-11-12-13-14-15-16-17-18-19-20-21-22(27)29-24(23(25)28)26(2)3/h24H,4-21H2,1-3H3,(H2,25,28). The average molecular weight is 413 g/mol. The van der Waals surface area contributed by atoms with Crippen LogP contribution in [-0.2, 0) is 14.3 Å². The summed E-state index contributed by atoms with van der Waals surface area (Å²) in [5, 5.41) is 0. The van der Waals surface area contributed by atoms with E-state index in [4.69, 9.17) is 10.5 Å². The van der Waals surface area contributed by atoms with Gasteiger partial charge in [-0.25, -0.2) is 0 Å². The van der Waals surface area contributed by atoms with Gasteiger partial charge in [0.15, 0.2) is 0 Å². The van der Waals surface area contributed by atoms with E-state index in [2.05, 4.69) is 6.92 Å². The number of hydrogen-bond donors (Lipinski definition) is 1. The van der Waals surface area contributed by atoms with Crippen molar-refractivity contribution >= 4 is 11.9 Å². The molecular formula is C24H48N2O3. The fraction of sp³-hybridized carbons (Fsp3) is 0.917. The predicted molar refractivity (Wildman–Crippen MR) is 122 cm³/mol. The summed E-state index contributed by atoms with van der Waals surface area (Å²) in [5.41, 5.74) is 5.22. The second-order valence-electron chi connectivity index (χ2n) is 8.62. The van der Waals surface area contributed by atoms with E-state index < -0.39 is 12.1 Å². The molecule has 2 N–H and O–H groups in total. The number of rotatable bonds is 21. The number of ether oxygens (including phenoxy) is 1. The van der Waals surface area contributed by atoms with Gasteiger partial charge in [0.1, 0.15) is 0 Å². The smallest absolute Gasteiger partial charge is 0.307 e. The van der Waals surface area contributed by atoms with Crippen molar-refractivity contribution in [3.05, 3.63) is 0 Å². The Morgan fingerprint density at radius 1 is 0.690 bits per heavy atom. The molecule has 0 rings (SSSR count). The Labute approximate surface area is 180 Å². The molecule has 29 heavy (non-hydrogen) atoms. The first-order valence-electron chi connectivity index (χ1n) is 12.1. The highest BCUT2D eigenvalue weighted by Crippen LogP contribution is 2.14. The molecule has 0 aliphatic heterocycles. The Morgan fingerprint density at radius 2 is 1.03 bits per heavy atom. The lowest BCUT2D eigenvalue weighted by Crippen LogP contribution is -2.43. The molecule has 5 heteroatoms. The molecular weight excluding hydrogens is 364 g/mol. The van der Waals surface area contributed by atoms with Crippen LogP contribution in [-0.4, -0.2) is 37.1 Å². The van der Waals surface area contributed by atoms with Gasteiger partial charge >= 0.3 is 5.97 Å². The van der Waals surface area contributed by atoms with E-state index in [0.29, 0.717) is 6.42 Å². The summed E-state index contributed by atoms with van der Waals surface area (Å²) < 4.78 is 5.11. The van der Waals surface area contributed by atoms with Crippen LogP contribution in [0.3, 0.4) is 0 Å². The summed E-state index contributed by atoms with van der Waals surface area (Å²) in [6.45, 7) is 2.27. The first-order chi connectivity index (χ1) is 14.0. The first-order valence-corrected chi connectivity index (χ1v) is 12.1. The van der Waals surface area contributed by atoms with E-state index in [9.17, 15) is 9.59 Å². The van der Waals surface area contributed by atoms with Crippen molar-refractivity contribution in [3.8, 4) is 0 Å². The second-order valence-corrected chi connectivity index (χ2v) is 8.62. The maximum absolute atomic E-state index is 11.8. The third-order valence-corrected chi connectivity index (χ3v) is 5.44. The van der Waals surface area contributed by atoms with Gasteiger partial charge < -0.3 is 10.5 Å². The number of carbonyl (C=O) groups is 2. The van der Waals surface area contributed by atoms with Crippen LogP contribution in [0, 0.1) is 0 Å². The highest BCUT2D eigenvalue weighted by molar-refractivity contribution is 5.81. The molecule has 0 bridgehead atoms. The van der Waals surface area contributed by atoms with Gasteiger partial charge in [-0.2, -0.15) is 0 Å². The molecule has 5 nitrogen and oxygen atoms in total. The minimum absolute atomic E-state index is 0.344. The van der Waals surface area contributed by atoms with Crippen molar-refractivity contribution in [2.75, 3.05) is 14.1 Å². The predicted octanol–water partition coefficient (Wildman–Crippen LogP) is 5.94. The lowest BCUT2D eigenvalue weighted by Gasteiger charge is -2.20. The number of esters is 1. The zero-order valence-corrected chi connectivity index (χ0v) is 19.6. The van der Waals surface area contributed by atoms with Crippen molar-refractivity contribution in [2.24, 2.45) is 5.73 Å². The van der Waals surface area contributed by atoms with Crippen LogP contribution in [0.15, 0.2) is 0 Å². The minimum atomic E-state index is -0.965. The van der Waals surface area contributed by atoms with Crippen LogP contribution < -0.4 is 5.73 Å². The summed E-state index contributed by atoms with van der Waals surface area (Å²) in [7, 11) is 3.33. The molecule has 0 saturated carbocycles. The van der Waals surface area contributed by atoms with Gasteiger partial charge in [-0.1, -0.05) is 110 Å². The van der Waals surface area contributed by atoms with E-state index in [0.717, 1.165) is 19.3 Å². The number of amides is 1. The van der Waals surface area contributed by atoms with Gasteiger partial charge in [0, 0.05) is 6.42 Å². The molecule has 0 radical (unpaired) electrons. The zero-order valence-electron chi connectivity index (χ0n) is 19.6. The molecule has 0 saturated heterocycles. The first kappa shape index (κ1) is 27.9. The number of primary amides is 1. The molecule has 0 aromatic rings. The van der Waals surface area contributed by atoms with Crippen molar-refractivity contribution in [1.82, 2.24) is 4.90 Å². The molecule has 1 amide bonds. The van der Waals surface area contributed by atoms with Crippen LogP contribution >= 0.6 is 0 Å². The number of carbonyl (C=O) groups excluding carboxylic acids is 2. The van der Waals surface area contributed by atoms with E-state index in [1.807, 2.05) is 0 Å². The van der Waals surface area contributed by atoms with E-state index >= 15 is 0 Å². The Balaban J connectivity index is 3.31. The van der Waals surface area contributed by atoms with Crippen LogP contribution in [0.5, 0.6) is 0 Å². The lowest BCUT2D eigenvalue weighted by atomic mass is 10.0. The monoisotopic (exact) mass is 412 g/mol. The van der Waals surface area contributed by atoms with E-state index in [1.54, 1.807) is 14.1 Å². The molecule has 1 unspecified atom stereocenters.